The van der Waals surface area contributed by atoms with Crippen molar-refractivity contribution < 1.29 is 32.6 Å². The van der Waals surface area contributed by atoms with E-state index in [1.807, 2.05) is 0 Å². The van der Waals surface area contributed by atoms with E-state index in [4.69, 9.17) is 5.11 Å². The molecule has 8 heteroatoms. The van der Waals surface area contributed by atoms with Crippen LogP contribution in [0.3, 0.4) is 0 Å². The van der Waals surface area contributed by atoms with Gasteiger partial charge in [-0.25, -0.2) is 9.59 Å². The molecule has 0 saturated carbocycles. The molecule has 1 amide bonds. The first-order chi connectivity index (χ1) is 9.20. The van der Waals surface area contributed by atoms with Gasteiger partial charge in [0, 0.05) is 0 Å². The quantitative estimate of drug-likeness (QED) is 0.894. The molecule has 0 aliphatic carbocycles. The lowest BCUT2D eigenvalue weighted by atomic mass is 10.1. The number of carbonyl (C=O) groups is 2. The number of amides is 1. The van der Waals surface area contributed by atoms with Gasteiger partial charge in [0.1, 0.15) is 0 Å². The van der Waals surface area contributed by atoms with Gasteiger partial charge < -0.3 is 15.2 Å². The van der Waals surface area contributed by atoms with Crippen LogP contribution in [0.1, 0.15) is 24.1 Å². The maximum atomic E-state index is 12.4. The van der Waals surface area contributed by atoms with Crippen LogP contribution in [0.15, 0.2) is 24.3 Å². The van der Waals surface area contributed by atoms with Crippen LogP contribution in [0.2, 0.25) is 0 Å². The number of alkyl carbamates (subject to hydrolysis) is 1. The smallest absolute Gasteiger partial charge is 0.416 e. The lowest BCUT2D eigenvalue weighted by Gasteiger charge is -2.15. The van der Waals surface area contributed by atoms with E-state index < -0.39 is 36.5 Å². The van der Waals surface area contributed by atoms with E-state index in [-0.39, 0.29) is 0 Å². The van der Waals surface area contributed by atoms with E-state index in [2.05, 4.69) is 10.1 Å². The van der Waals surface area contributed by atoms with Crippen molar-refractivity contribution in [3.63, 3.8) is 0 Å². The summed E-state index contributed by atoms with van der Waals surface area (Å²) < 4.78 is 41.4. The summed E-state index contributed by atoms with van der Waals surface area (Å²) in [6.45, 7) is 0.746. The Morgan fingerprint density at radius 2 is 1.85 bits per heavy atom. The van der Waals surface area contributed by atoms with Crippen LogP contribution >= 0.6 is 0 Å². The molecular formula is C12H12F3NO4. The fourth-order valence-corrected chi connectivity index (χ4v) is 1.39. The Balaban J connectivity index is 2.62. The number of benzene rings is 1. The van der Waals surface area contributed by atoms with Crippen LogP contribution in [0, 0.1) is 0 Å². The van der Waals surface area contributed by atoms with Gasteiger partial charge in [0.25, 0.3) is 0 Å². The standard InChI is InChI=1S/C12H12F3NO4/c1-7(16-11(19)20-6-10(17)18)8-2-4-9(5-3-8)12(13,14)15/h2-5,7H,6H2,1H3,(H,16,19)(H,17,18)/t7-/m0/s1. The normalized spacial score (nSPS) is 12.6. The average molecular weight is 291 g/mol. The number of hydrogen-bond acceptors (Lipinski definition) is 3. The number of nitrogens with one attached hydrogen (secondary N) is 1. The van der Waals surface area contributed by atoms with Crippen molar-refractivity contribution in [2.24, 2.45) is 0 Å². The highest BCUT2D eigenvalue weighted by molar-refractivity contribution is 5.74. The second-order valence-electron chi connectivity index (χ2n) is 3.96. The zero-order chi connectivity index (χ0) is 15.3. The van der Waals surface area contributed by atoms with Crippen LogP contribution in [0.5, 0.6) is 0 Å². The molecule has 0 aliphatic rings. The summed E-state index contributed by atoms with van der Waals surface area (Å²) in [5.74, 6) is -1.30. The number of ether oxygens (including phenoxy) is 1. The number of carboxylic acids is 1. The van der Waals surface area contributed by atoms with Crippen LogP contribution in [0.4, 0.5) is 18.0 Å². The molecule has 1 rings (SSSR count). The maximum Gasteiger partial charge on any atom is 0.416 e. The van der Waals surface area contributed by atoms with Crippen molar-refractivity contribution >= 4 is 12.1 Å². The number of carbonyl (C=O) groups excluding carboxylic acids is 1. The minimum atomic E-state index is -4.42. The van der Waals surface area contributed by atoms with Crippen LogP contribution in [-0.2, 0) is 15.7 Å². The van der Waals surface area contributed by atoms with E-state index >= 15 is 0 Å². The molecule has 110 valence electrons. The van der Waals surface area contributed by atoms with Crippen molar-refractivity contribution in [3.8, 4) is 0 Å². The molecule has 20 heavy (non-hydrogen) atoms. The molecule has 1 aromatic carbocycles. The van der Waals surface area contributed by atoms with E-state index in [9.17, 15) is 22.8 Å². The fourth-order valence-electron chi connectivity index (χ4n) is 1.39. The average Bonchev–Trinajstić information content (AvgIpc) is 2.35. The Bertz CT molecular complexity index is 484. The summed E-state index contributed by atoms with van der Waals surface area (Å²) in [5.41, 5.74) is -0.354. The minimum Gasteiger partial charge on any atom is -0.479 e. The minimum absolute atomic E-state index is 0.435. The molecule has 0 aliphatic heterocycles. The fraction of sp³-hybridized carbons (Fsp3) is 0.333. The highest BCUT2D eigenvalue weighted by Gasteiger charge is 2.30. The number of aliphatic carboxylic acids is 1. The van der Waals surface area contributed by atoms with Gasteiger partial charge in [-0.15, -0.1) is 0 Å². The summed E-state index contributed by atoms with van der Waals surface area (Å²) in [6.07, 6.45) is -5.38. The van der Waals surface area contributed by atoms with Gasteiger partial charge in [0.15, 0.2) is 6.61 Å². The highest BCUT2D eigenvalue weighted by atomic mass is 19.4. The van der Waals surface area contributed by atoms with Crippen molar-refractivity contribution in [3.05, 3.63) is 35.4 Å². The first-order valence-electron chi connectivity index (χ1n) is 5.52. The number of hydrogen-bond donors (Lipinski definition) is 2. The number of alkyl halides is 3. The predicted octanol–water partition coefficient (Wildman–Crippen LogP) is 2.58. The third-order valence-electron chi connectivity index (χ3n) is 2.40. The van der Waals surface area contributed by atoms with Crippen LogP contribution in [0.25, 0.3) is 0 Å². The second-order valence-corrected chi connectivity index (χ2v) is 3.96. The summed E-state index contributed by atoms with van der Waals surface area (Å²) in [7, 11) is 0. The first kappa shape index (κ1) is 15.8. The van der Waals surface area contributed by atoms with Gasteiger partial charge in [-0.05, 0) is 24.6 Å². The third-order valence-corrected chi connectivity index (χ3v) is 2.40. The van der Waals surface area contributed by atoms with Gasteiger partial charge in [0.05, 0.1) is 11.6 Å². The van der Waals surface area contributed by atoms with Crippen molar-refractivity contribution in [2.45, 2.75) is 19.1 Å². The van der Waals surface area contributed by atoms with Crippen molar-refractivity contribution in [1.82, 2.24) is 5.32 Å². The molecule has 5 nitrogen and oxygen atoms in total. The maximum absolute atomic E-state index is 12.4. The van der Waals surface area contributed by atoms with Crippen molar-refractivity contribution in [2.75, 3.05) is 6.61 Å². The molecule has 0 saturated heterocycles. The number of rotatable bonds is 4. The number of halogens is 3. The molecule has 0 bridgehead atoms. The Kier molecular flexibility index (Phi) is 4.95. The van der Waals surface area contributed by atoms with E-state index in [0.717, 1.165) is 12.1 Å². The van der Waals surface area contributed by atoms with Gasteiger partial charge in [0.2, 0.25) is 0 Å². The summed E-state index contributed by atoms with van der Waals surface area (Å²) in [6, 6.07) is 3.64. The molecule has 0 spiro atoms. The van der Waals surface area contributed by atoms with Crippen LogP contribution in [-0.4, -0.2) is 23.8 Å². The molecule has 0 radical (unpaired) electrons. The van der Waals surface area contributed by atoms with Gasteiger partial charge in [-0.3, -0.25) is 0 Å². The van der Waals surface area contributed by atoms with Gasteiger partial charge in [-0.1, -0.05) is 12.1 Å². The Hall–Kier alpha value is -2.25. The SMILES string of the molecule is C[C@H](NC(=O)OCC(=O)O)c1ccc(C(F)(F)F)cc1. The lowest BCUT2D eigenvalue weighted by Crippen LogP contribution is -2.29. The largest absolute Gasteiger partial charge is 0.479 e. The molecule has 2 N–H and O–H groups in total. The number of carboxylic acid groups (broad SMARTS) is 1. The predicted molar refractivity (Wildman–Crippen MR) is 62.0 cm³/mol. The van der Waals surface area contributed by atoms with E-state index in [0.29, 0.717) is 5.56 Å². The molecule has 0 aromatic heterocycles. The third kappa shape index (κ3) is 4.79. The first-order valence-corrected chi connectivity index (χ1v) is 5.52. The van der Waals surface area contributed by atoms with E-state index in [1.165, 1.54) is 19.1 Å². The zero-order valence-corrected chi connectivity index (χ0v) is 10.4. The lowest BCUT2D eigenvalue weighted by molar-refractivity contribution is -0.140. The summed E-state index contributed by atoms with van der Waals surface area (Å²) in [4.78, 5) is 21.4. The Labute approximate surface area is 112 Å². The molecule has 0 unspecified atom stereocenters. The zero-order valence-electron chi connectivity index (χ0n) is 10.4. The van der Waals surface area contributed by atoms with E-state index in [1.54, 1.807) is 0 Å². The molecular weight excluding hydrogens is 279 g/mol. The molecule has 1 atom stereocenters. The Morgan fingerprint density at radius 1 is 1.30 bits per heavy atom. The van der Waals surface area contributed by atoms with Crippen LogP contribution < -0.4 is 5.32 Å². The van der Waals surface area contributed by atoms with Gasteiger partial charge >= 0.3 is 18.2 Å². The molecule has 0 heterocycles. The van der Waals surface area contributed by atoms with Crippen molar-refractivity contribution in [1.29, 1.82) is 0 Å². The summed E-state index contributed by atoms with van der Waals surface area (Å²) in [5, 5.41) is 10.6. The second kappa shape index (κ2) is 6.27. The molecule has 1 aromatic rings. The topological polar surface area (TPSA) is 75.6 Å². The molecule has 0 fully saturated rings. The summed E-state index contributed by atoms with van der Waals surface area (Å²) >= 11 is 0. The Morgan fingerprint density at radius 3 is 2.30 bits per heavy atom. The highest BCUT2D eigenvalue weighted by Crippen LogP contribution is 2.29. The van der Waals surface area contributed by atoms with Gasteiger partial charge in [-0.2, -0.15) is 13.2 Å². The monoisotopic (exact) mass is 291 g/mol.